The summed E-state index contributed by atoms with van der Waals surface area (Å²) < 4.78 is 20.5. The van der Waals surface area contributed by atoms with Crippen LogP contribution in [-0.2, 0) is 11.3 Å². The summed E-state index contributed by atoms with van der Waals surface area (Å²) in [5, 5.41) is 12.1. The second-order valence-electron chi connectivity index (χ2n) is 7.05. The van der Waals surface area contributed by atoms with Crippen LogP contribution >= 0.6 is 0 Å². The van der Waals surface area contributed by atoms with Gasteiger partial charge in [0.1, 0.15) is 5.75 Å². The van der Waals surface area contributed by atoms with Gasteiger partial charge in [0, 0.05) is 34.9 Å². The van der Waals surface area contributed by atoms with Crippen LogP contribution < -0.4 is 4.18 Å². The molecule has 0 saturated carbocycles. The van der Waals surface area contributed by atoms with E-state index in [0.29, 0.717) is 0 Å². The maximum atomic E-state index is 13.3. The average Bonchev–Trinajstić information content (AvgIpc) is 3.22. The van der Waals surface area contributed by atoms with Crippen LogP contribution in [0.1, 0.15) is 22.7 Å². The number of benzene rings is 3. The molecule has 1 aromatic heterocycles. The van der Waals surface area contributed by atoms with E-state index < -0.39 is 16.2 Å². The van der Waals surface area contributed by atoms with E-state index in [4.69, 9.17) is 4.18 Å². The van der Waals surface area contributed by atoms with Crippen LogP contribution in [0, 0.1) is 10.1 Å². The molecule has 0 aliphatic carbocycles. The summed E-state index contributed by atoms with van der Waals surface area (Å²) >= 11 is -1.93. The van der Waals surface area contributed by atoms with Crippen molar-refractivity contribution in [3.8, 4) is 5.75 Å². The average molecular weight is 431 g/mol. The van der Waals surface area contributed by atoms with Crippen molar-refractivity contribution in [2.75, 3.05) is 0 Å². The quantitative estimate of drug-likeness (QED) is 0.351. The lowest BCUT2D eigenvalue weighted by Crippen LogP contribution is -2.31. The van der Waals surface area contributed by atoms with E-state index in [0.717, 1.165) is 27.6 Å². The number of H-pyrrole nitrogens is 1. The fourth-order valence-corrected chi connectivity index (χ4v) is 4.74. The lowest BCUT2D eigenvalue weighted by Gasteiger charge is -2.32. The molecule has 1 aliphatic heterocycles. The molecule has 1 N–H and O–H groups in total. The third-order valence-corrected chi connectivity index (χ3v) is 6.24. The monoisotopic (exact) mass is 431 g/mol. The van der Waals surface area contributed by atoms with Crippen LogP contribution in [0.25, 0.3) is 17.0 Å². The Balaban J connectivity index is 1.56. The molecule has 2 atom stereocenters. The second-order valence-corrected chi connectivity index (χ2v) is 8.07. The first kappa shape index (κ1) is 19.1. The second kappa shape index (κ2) is 7.73. The lowest BCUT2D eigenvalue weighted by atomic mass is 9.92. The van der Waals surface area contributed by atoms with Crippen molar-refractivity contribution in [3.05, 3.63) is 112 Å². The van der Waals surface area contributed by atoms with E-state index in [9.17, 15) is 14.3 Å². The predicted octanol–water partition coefficient (Wildman–Crippen LogP) is 5.11. The highest BCUT2D eigenvalue weighted by molar-refractivity contribution is 7.78. The standard InChI is InChI=1S/C23H17N3O4S/c27-26(28)17-7-5-8-18(14-17)30-31(29)25-13-12-16-6-1-2-9-19(16)23(25)21-15-24-22-11-4-3-10-20(21)22/h1-15,23-24H. The molecule has 2 unspecified atom stereocenters. The summed E-state index contributed by atoms with van der Waals surface area (Å²) in [4.78, 5) is 13.8. The Morgan fingerprint density at radius 3 is 2.68 bits per heavy atom. The van der Waals surface area contributed by atoms with Gasteiger partial charge in [0.05, 0.1) is 17.0 Å². The fourth-order valence-electron chi connectivity index (χ4n) is 3.82. The molecular formula is C23H17N3O4S. The summed E-state index contributed by atoms with van der Waals surface area (Å²) in [7, 11) is 0. The molecule has 0 fully saturated rings. The number of aromatic nitrogens is 1. The van der Waals surface area contributed by atoms with Crippen molar-refractivity contribution in [1.29, 1.82) is 0 Å². The molecule has 2 heterocycles. The van der Waals surface area contributed by atoms with Gasteiger partial charge in [-0.25, -0.2) is 0 Å². The number of nitrogens with one attached hydrogen (secondary N) is 1. The molecule has 3 aromatic carbocycles. The number of hydrogen-bond donors (Lipinski definition) is 1. The first-order chi connectivity index (χ1) is 15.1. The molecule has 7 nitrogen and oxygen atoms in total. The fraction of sp³-hybridized carbons (Fsp3) is 0.0435. The minimum absolute atomic E-state index is 0.123. The van der Waals surface area contributed by atoms with Crippen molar-refractivity contribution >= 4 is 33.9 Å². The van der Waals surface area contributed by atoms with Gasteiger partial charge >= 0.3 is 11.3 Å². The number of nitro groups is 1. The van der Waals surface area contributed by atoms with E-state index >= 15 is 0 Å². The third kappa shape index (κ3) is 3.47. The molecule has 5 rings (SSSR count). The third-order valence-electron chi connectivity index (χ3n) is 5.23. The molecule has 4 aromatic rings. The van der Waals surface area contributed by atoms with Crippen LogP contribution in [0.5, 0.6) is 5.75 Å². The summed E-state index contributed by atoms with van der Waals surface area (Å²) in [5.41, 5.74) is 3.84. The summed E-state index contributed by atoms with van der Waals surface area (Å²) in [6, 6.07) is 21.2. The van der Waals surface area contributed by atoms with Gasteiger partial charge in [-0.05, 0) is 29.3 Å². The topological polar surface area (TPSA) is 88.5 Å². The molecular weight excluding hydrogens is 414 g/mol. The summed E-state index contributed by atoms with van der Waals surface area (Å²) in [5.74, 6) is 0.164. The zero-order valence-corrected chi connectivity index (χ0v) is 17.0. The Bertz CT molecular complexity index is 1350. The zero-order valence-electron chi connectivity index (χ0n) is 16.2. The molecule has 1 aliphatic rings. The number of aromatic amines is 1. The number of para-hydroxylation sites is 1. The molecule has 8 heteroatoms. The van der Waals surface area contributed by atoms with Crippen LogP contribution in [0.3, 0.4) is 0 Å². The predicted molar refractivity (Wildman–Crippen MR) is 119 cm³/mol. The van der Waals surface area contributed by atoms with Crippen LogP contribution in [-0.4, -0.2) is 18.4 Å². The highest BCUT2D eigenvalue weighted by atomic mass is 32.2. The normalized spacial score (nSPS) is 16.1. The summed E-state index contributed by atoms with van der Waals surface area (Å²) in [6.45, 7) is 0. The van der Waals surface area contributed by atoms with Crippen molar-refractivity contribution in [3.63, 3.8) is 0 Å². The molecule has 0 saturated heterocycles. The van der Waals surface area contributed by atoms with E-state index in [2.05, 4.69) is 4.98 Å². The minimum Gasteiger partial charge on any atom is -0.385 e. The maximum Gasteiger partial charge on any atom is 0.319 e. The van der Waals surface area contributed by atoms with Gasteiger partial charge < -0.3 is 9.17 Å². The van der Waals surface area contributed by atoms with Crippen LogP contribution in [0.2, 0.25) is 0 Å². The van der Waals surface area contributed by atoms with Gasteiger partial charge in [-0.3, -0.25) is 14.4 Å². The minimum atomic E-state index is -1.93. The molecule has 0 spiro atoms. The van der Waals surface area contributed by atoms with Gasteiger partial charge in [0.15, 0.2) is 0 Å². The summed E-state index contributed by atoms with van der Waals surface area (Å²) in [6.07, 6.45) is 5.54. The van der Waals surface area contributed by atoms with Crippen LogP contribution in [0.4, 0.5) is 5.69 Å². The van der Waals surface area contributed by atoms with E-state index in [1.165, 1.54) is 18.2 Å². The smallest absolute Gasteiger partial charge is 0.319 e. The lowest BCUT2D eigenvalue weighted by molar-refractivity contribution is -0.384. The number of nitrogens with zero attached hydrogens (tertiary/aromatic N) is 2. The number of hydrogen-bond acceptors (Lipinski definition) is 4. The highest BCUT2D eigenvalue weighted by Gasteiger charge is 2.32. The van der Waals surface area contributed by atoms with Gasteiger partial charge in [-0.2, -0.15) is 4.21 Å². The zero-order chi connectivity index (χ0) is 21.4. The molecule has 0 radical (unpaired) electrons. The number of fused-ring (bicyclic) bond motifs is 2. The Morgan fingerprint density at radius 1 is 1.00 bits per heavy atom. The first-order valence-corrected chi connectivity index (χ1v) is 10.6. The van der Waals surface area contributed by atoms with E-state index in [1.54, 1.807) is 16.6 Å². The van der Waals surface area contributed by atoms with Crippen molar-refractivity contribution < 1.29 is 13.3 Å². The van der Waals surface area contributed by atoms with Crippen molar-refractivity contribution in [2.45, 2.75) is 6.04 Å². The molecule has 0 bridgehead atoms. The Morgan fingerprint density at radius 2 is 1.81 bits per heavy atom. The number of non-ortho nitro benzene ring substituents is 1. The molecule has 31 heavy (non-hydrogen) atoms. The van der Waals surface area contributed by atoms with Gasteiger partial charge in [-0.15, -0.1) is 0 Å². The molecule has 154 valence electrons. The van der Waals surface area contributed by atoms with Gasteiger partial charge in [0.2, 0.25) is 0 Å². The Kier molecular flexibility index (Phi) is 4.76. The van der Waals surface area contributed by atoms with E-state index in [-0.39, 0.29) is 17.5 Å². The Hall–Kier alpha value is -3.91. The van der Waals surface area contributed by atoms with E-state index in [1.807, 2.05) is 60.8 Å². The first-order valence-electron chi connectivity index (χ1n) is 9.58. The number of rotatable bonds is 5. The Labute approximate surface area is 180 Å². The SMILES string of the molecule is O=[N+]([O-])c1cccc(OS(=O)N2C=Cc3ccccc3C2c2c[nH]c3ccccc23)c1. The molecule has 0 amide bonds. The van der Waals surface area contributed by atoms with Gasteiger partial charge in [0.25, 0.3) is 5.69 Å². The van der Waals surface area contributed by atoms with Crippen molar-refractivity contribution in [1.82, 2.24) is 9.29 Å². The number of nitro benzene ring substituents is 1. The maximum absolute atomic E-state index is 13.3. The van der Waals surface area contributed by atoms with Crippen LogP contribution in [0.15, 0.2) is 85.2 Å². The highest BCUT2D eigenvalue weighted by Crippen LogP contribution is 2.39. The van der Waals surface area contributed by atoms with Crippen molar-refractivity contribution in [2.24, 2.45) is 0 Å². The largest absolute Gasteiger partial charge is 0.385 e. The van der Waals surface area contributed by atoms with Gasteiger partial charge in [-0.1, -0.05) is 48.5 Å².